The number of phenols is 1. The van der Waals surface area contributed by atoms with Crippen LogP contribution in [-0.4, -0.2) is 16.0 Å². The van der Waals surface area contributed by atoms with Gasteiger partial charge in [0.1, 0.15) is 17.3 Å². The minimum absolute atomic E-state index is 0.00130. The van der Waals surface area contributed by atoms with Crippen LogP contribution in [-0.2, 0) is 6.54 Å². The van der Waals surface area contributed by atoms with Gasteiger partial charge in [0.2, 0.25) is 5.89 Å². The van der Waals surface area contributed by atoms with E-state index in [9.17, 15) is 14.3 Å². The summed E-state index contributed by atoms with van der Waals surface area (Å²) >= 11 is 0. The van der Waals surface area contributed by atoms with Gasteiger partial charge in [0, 0.05) is 6.07 Å². The van der Waals surface area contributed by atoms with Crippen LogP contribution in [0.4, 0.5) is 4.39 Å². The van der Waals surface area contributed by atoms with Crippen molar-refractivity contribution in [3.63, 3.8) is 0 Å². The maximum absolute atomic E-state index is 12.8. The normalized spacial score (nSPS) is 10.5. The Kier molecular flexibility index (Phi) is 3.50. The number of benzene rings is 1. The molecule has 0 saturated carbocycles. The summed E-state index contributed by atoms with van der Waals surface area (Å²) in [7, 11) is 0. The Labute approximate surface area is 109 Å². The zero-order valence-corrected chi connectivity index (χ0v) is 10.5. The minimum atomic E-state index is -0.604. The second-order valence-electron chi connectivity index (χ2n) is 4.09. The molecule has 0 bridgehead atoms. The molecule has 0 radical (unpaired) electrons. The van der Waals surface area contributed by atoms with E-state index >= 15 is 0 Å². The van der Waals surface area contributed by atoms with E-state index in [1.807, 2.05) is 0 Å². The second kappa shape index (κ2) is 5.09. The van der Waals surface area contributed by atoms with E-state index in [1.54, 1.807) is 13.8 Å². The fourth-order valence-corrected chi connectivity index (χ4v) is 1.56. The van der Waals surface area contributed by atoms with E-state index in [4.69, 9.17) is 4.42 Å². The van der Waals surface area contributed by atoms with Gasteiger partial charge in [0.25, 0.3) is 5.91 Å². The highest BCUT2D eigenvalue weighted by Crippen LogP contribution is 2.18. The number of carbonyl (C=O) groups is 1. The molecule has 19 heavy (non-hydrogen) atoms. The highest BCUT2D eigenvalue weighted by molar-refractivity contribution is 5.96. The third-order valence-electron chi connectivity index (χ3n) is 2.68. The van der Waals surface area contributed by atoms with E-state index in [1.165, 1.54) is 6.07 Å². The van der Waals surface area contributed by atoms with E-state index in [0.717, 1.165) is 17.8 Å². The Morgan fingerprint density at radius 1 is 1.47 bits per heavy atom. The number of phenolic OH excluding ortho intramolecular Hbond substituents is 1. The molecular weight excluding hydrogens is 251 g/mol. The molecule has 0 atom stereocenters. The lowest BCUT2D eigenvalue weighted by Crippen LogP contribution is -2.23. The van der Waals surface area contributed by atoms with E-state index in [0.29, 0.717) is 11.7 Å². The molecule has 2 rings (SSSR count). The molecule has 2 N–H and O–H groups in total. The highest BCUT2D eigenvalue weighted by atomic mass is 19.1. The summed E-state index contributed by atoms with van der Waals surface area (Å²) in [4.78, 5) is 15.9. The largest absolute Gasteiger partial charge is 0.507 e. The van der Waals surface area contributed by atoms with Crippen LogP contribution in [0.2, 0.25) is 0 Å². The maximum atomic E-state index is 12.8. The molecule has 0 aliphatic heterocycles. The molecule has 1 amide bonds. The minimum Gasteiger partial charge on any atom is -0.507 e. The molecule has 6 heteroatoms. The predicted octanol–water partition coefficient (Wildman–Crippen LogP) is 2.07. The van der Waals surface area contributed by atoms with Crippen molar-refractivity contribution in [3.05, 3.63) is 46.9 Å². The molecule has 0 spiro atoms. The molecule has 0 unspecified atom stereocenters. The molecule has 5 nitrogen and oxygen atoms in total. The van der Waals surface area contributed by atoms with Crippen molar-refractivity contribution in [2.45, 2.75) is 20.4 Å². The number of nitrogens with one attached hydrogen (secondary N) is 1. The van der Waals surface area contributed by atoms with Crippen molar-refractivity contribution in [2.24, 2.45) is 0 Å². The highest BCUT2D eigenvalue weighted by Gasteiger charge is 2.13. The number of nitrogens with zero attached hydrogens (tertiary/aromatic N) is 1. The van der Waals surface area contributed by atoms with Crippen molar-refractivity contribution in [1.29, 1.82) is 0 Å². The smallest absolute Gasteiger partial charge is 0.255 e. The van der Waals surface area contributed by atoms with E-state index in [2.05, 4.69) is 10.3 Å². The van der Waals surface area contributed by atoms with Gasteiger partial charge < -0.3 is 14.8 Å². The lowest BCUT2D eigenvalue weighted by Gasteiger charge is -2.04. The van der Waals surface area contributed by atoms with Crippen LogP contribution in [0.25, 0.3) is 0 Å². The van der Waals surface area contributed by atoms with Crippen molar-refractivity contribution in [3.8, 4) is 5.75 Å². The average molecular weight is 264 g/mol. The van der Waals surface area contributed by atoms with Crippen molar-refractivity contribution in [2.75, 3.05) is 0 Å². The monoisotopic (exact) mass is 264 g/mol. The number of carbonyl (C=O) groups excluding carboxylic acids is 1. The summed E-state index contributed by atoms with van der Waals surface area (Å²) in [6, 6.07) is 3.20. The number of halogens is 1. The number of hydrogen-bond acceptors (Lipinski definition) is 4. The molecule has 1 aromatic heterocycles. The van der Waals surface area contributed by atoms with E-state index < -0.39 is 17.5 Å². The van der Waals surface area contributed by atoms with Crippen LogP contribution in [0, 0.1) is 19.7 Å². The second-order valence-corrected chi connectivity index (χ2v) is 4.09. The van der Waals surface area contributed by atoms with Crippen molar-refractivity contribution < 1.29 is 18.7 Å². The lowest BCUT2D eigenvalue weighted by molar-refractivity contribution is 0.0944. The zero-order valence-electron chi connectivity index (χ0n) is 10.5. The first-order valence-electron chi connectivity index (χ1n) is 5.67. The molecule has 1 heterocycles. The van der Waals surface area contributed by atoms with Crippen LogP contribution >= 0.6 is 0 Å². The summed E-state index contributed by atoms with van der Waals surface area (Å²) in [5.74, 6) is -0.463. The number of oxazole rings is 1. The van der Waals surface area contributed by atoms with Crippen LogP contribution in [0.5, 0.6) is 5.75 Å². The summed E-state index contributed by atoms with van der Waals surface area (Å²) < 4.78 is 18.1. The molecule has 100 valence electrons. The van der Waals surface area contributed by atoms with Crippen LogP contribution in [0.15, 0.2) is 22.6 Å². The molecule has 0 fully saturated rings. The van der Waals surface area contributed by atoms with Gasteiger partial charge in [-0.05, 0) is 26.0 Å². The number of rotatable bonds is 3. The van der Waals surface area contributed by atoms with Gasteiger partial charge in [-0.2, -0.15) is 0 Å². The lowest BCUT2D eigenvalue weighted by atomic mass is 10.2. The third-order valence-corrected chi connectivity index (χ3v) is 2.68. The molecule has 0 aliphatic carbocycles. The first kappa shape index (κ1) is 13.1. The van der Waals surface area contributed by atoms with Gasteiger partial charge in [-0.25, -0.2) is 9.37 Å². The van der Waals surface area contributed by atoms with Gasteiger partial charge in [0.05, 0.1) is 17.8 Å². The third kappa shape index (κ3) is 2.90. The van der Waals surface area contributed by atoms with Crippen LogP contribution in [0.1, 0.15) is 27.7 Å². The fourth-order valence-electron chi connectivity index (χ4n) is 1.56. The number of aromatic hydroxyl groups is 1. The van der Waals surface area contributed by atoms with Gasteiger partial charge in [-0.15, -0.1) is 0 Å². The van der Waals surface area contributed by atoms with Crippen molar-refractivity contribution >= 4 is 5.91 Å². The molecule has 1 aromatic carbocycles. The Morgan fingerprint density at radius 2 is 2.21 bits per heavy atom. The zero-order chi connectivity index (χ0) is 14.0. The Hall–Kier alpha value is -2.37. The fraction of sp³-hybridized carbons (Fsp3) is 0.231. The number of aromatic nitrogens is 1. The molecule has 0 aliphatic rings. The first-order valence-corrected chi connectivity index (χ1v) is 5.67. The quantitative estimate of drug-likeness (QED) is 0.889. The van der Waals surface area contributed by atoms with Gasteiger partial charge in [-0.1, -0.05) is 0 Å². The van der Waals surface area contributed by atoms with Crippen LogP contribution in [0.3, 0.4) is 0 Å². The van der Waals surface area contributed by atoms with Crippen LogP contribution < -0.4 is 5.32 Å². The van der Waals surface area contributed by atoms with Crippen molar-refractivity contribution in [1.82, 2.24) is 10.3 Å². The van der Waals surface area contributed by atoms with Gasteiger partial charge in [-0.3, -0.25) is 4.79 Å². The summed E-state index contributed by atoms with van der Waals surface area (Å²) in [6.07, 6.45) is 0. The molecule has 0 saturated heterocycles. The number of amides is 1. The van der Waals surface area contributed by atoms with Gasteiger partial charge >= 0.3 is 0 Å². The predicted molar refractivity (Wildman–Crippen MR) is 65.2 cm³/mol. The Morgan fingerprint density at radius 3 is 2.79 bits per heavy atom. The first-order chi connectivity index (χ1) is 8.97. The topological polar surface area (TPSA) is 75.4 Å². The standard InChI is InChI=1S/C13H13FN2O3/c1-7-8(2)19-12(16-7)6-15-13(18)10-4-3-9(14)5-11(10)17/h3-5,17H,6H2,1-2H3,(H,15,18). The summed E-state index contributed by atoms with van der Waals surface area (Å²) in [5.41, 5.74) is 0.760. The summed E-state index contributed by atoms with van der Waals surface area (Å²) in [5, 5.41) is 12.0. The Balaban J connectivity index is 2.05. The summed E-state index contributed by atoms with van der Waals surface area (Å²) in [6.45, 7) is 3.68. The van der Waals surface area contributed by atoms with E-state index in [-0.39, 0.29) is 12.1 Å². The molecule has 2 aromatic rings. The maximum Gasteiger partial charge on any atom is 0.255 e. The Bertz CT molecular complexity index is 603. The SMILES string of the molecule is Cc1nc(CNC(=O)c2ccc(F)cc2O)oc1C. The number of aryl methyl sites for hydroxylation is 2. The average Bonchev–Trinajstić information content (AvgIpc) is 2.66. The van der Waals surface area contributed by atoms with Gasteiger partial charge in [0.15, 0.2) is 0 Å². The number of hydrogen-bond donors (Lipinski definition) is 2. The molecular formula is C13H13FN2O3.